The first kappa shape index (κ1) is 26.9. The molecule has 0 spiro atoms. The molecule has 1 unspecified atom stereocenters. The third-order valence-corrected chi connectivity index (χ3v) is 6.25. The van der Waals surface area contributed by atoms with E-state index in [4.69, 9.17) is 4.98 Å². The third kappa shape index (κ3) is 5.94. The molecule has 1 saturated carbocycles. The molecule has 1 saturated heterocycles. The van der Waals surface area contributed by atoms with Gasteiger partial charge in [-0.05, 0) is 51.2 Å². The van der Waals surface area contributed by atoms with Gasteiger partial charge in [-0.2, -0.15) is 10.1 Å². The van der Waals surface area contributed by atoms with Gasteiger partial charge in [0.05, 0.1) is 17.6 Å². The van der Waals surface area contributed by atoms with Crippen molar-refractivity contribution in [3.05, 3.63) is 41.1 Å². The number of rotatable bonds is 6. The van der Waals surface area contributed by atoms with Gasteiger partial charge in [0.25, 0.3) is 0 Å². The Kier molecular flexibility index (Phi) is 8.40. The van der Waals surface area contributed by atoms with Gasteiger partial charge in [-0.15, -0.1) is 24.8 Å². The maximum absolute atomic E-state index is 14.5. The number of aromatic nitrogens is 5. The summed E-state index contributed by atoms with van der Waals surface area (Å²) >= 11 is 0. The largest absolute Gasteiger partial charge is 0.364 e. The van der Waals surface area contributed by atoms with E-state index in [9.17, 15) is 4.39 Å². The van der Waals surface area contributed by atoms with Crippen molar-refractivity contribution in [2.45, 2.75) is 45.6 Å². The van der Waals surface area contributed by atoms with Crippen molar-refractivity contribution in [1.82, 2.24) is 30.0 Å². The SMILES string of the molecule is Cc1nc(Nc2ncc(N3CCNC(C)C3)c(Nc3cc(C)n(C)n3)n2)cc(C2CC2)c1F.Cl.Cl. The molecule has 1 aliphatic carbocycles. The van der Waals surface area contributed by atoms with Crippen LogP contribution in [0.15, 0.2) is 18.3 Å². The lowest BCUT2D eigenvalue weighted by atomic mass is 10.1. The molecule has 0 amide bonds. The van der Waals surface area contributed by atoms with E-state index in [-0.39, 0.29) is 36.5 Å². The van der Waals surface area contributed by atoms with Crippen LogP contribution in [0.5, 0.6) is 0 Å². The Bertz CT molecular complexity index is 1160. The molecule has 3 aromatic heterocycles. The third-order valence-electron chi connectivity index (χ3n) is 6.25. The number of nitrogens with zero attached hydrogens (tertiary/aromatic N) is 6. The van der Waals surface area contributed by atoms with E-state index >= 15 is 0 Å². The van der Waals surface area contributed by atoms with Crippen molar-refractivity contribution in [2.24, 2.45) is 7.05 Å². The van der Waals surface area contributed by atoms with Crippen LogP contribution in [0.25, 0.3) is 0 Å². The second kappa shape index (κ2) is 10.9. The predicted octanol–water partition coefficient (Wildman–Crippen LogP) is 4.37. The Morgan fingerprint density at radius 2 is 1.86 bits per heavy atom. The molecule has 1 atom stereocenters. The molecule has 0 aromatic carbocycles. The molecule has 190 valence electrons. The second-order valence-electron chi connectivity index (χ2n) is 9.04. The lowest BCUT2D eigenvalue weighted by molar-refractivity contribution is 0.484. The van der Waals surface area contributed by atoms with Gasteiger partial charge in [0.2, 0.25) is 5.95 Å². The highest BCUT2D eigenvalue weighted by atomic mass is 35.5. The zero-order chi connectivity index (χ0) is 23.1. The summed E-state index contributed by atoms with van der Waals surface area (Å²) in [6.07, 6.45) is 3.86. The summed E-state index contributed by atoms with van der Waals surface area (Å²) in [6.45, 7) is 8.47. The van der Waals surface area contributed by atoms with Gasteiger partial charge in [-0.3, -0.25) is 4.68 Å². The summed E-state index contributed by atoms with van der Waals surface area (Å²) in [5.41, 5.74) is 3.06. The standard InChI is InChI=1S/C23H30FN9.2ClH/c1-13-12-33(8-7-25-13)18-11-26-23(30-22(18)28-20-9-14(2)32(4)31-20)29-19-10-17(16-5-6-16)21(24)15(3)27-19;;/h9-11,13,16,25H,5-8,12H2,1-4H3,(H2,26,27,28,29,30,31);2*1H. The number of halogens is 3. The molecular formula is C23H32Cl2FN9. The van der Waals surface area contributed by atoms with Crippen molar-refractivity contribution in [2.75, 3.05) is 35.2 Å². The van der Waals surface area contributed by atoms with Crippen molar-refractivity contribution >= 4 is 53.9 Å². The van der Waals surface area contributed by atoms with Crippen molar-refractivity contribution in [3.63, 3.8) is 0 Å². The Balaban J connectivity index is 0.00000171. The number of piperazine rings is 1. The molecule has 9 nitrogen and oxygen atoms in total. The predicted molar refractivity (Wildman–Crippen MR) is 142 cm³/mol. The molecule has 0 bridgehead atoms. The zero-order valence-corrected chi connectivity index (χ0v) is 21.9. The summed E-state index contributed by atoms with van der Waals surface area (Å²) in [7, 11) is 1.91. The summed E-state index contributed by atoms with van der Waals surface area (Å²) in [5.74, 6) is 2.42. The van der Waals surface area contributed by atoms with Crippen LogP contribution in [0.2, 0.25) is 0 Å². The van der Waals surface area contributed by atoms with Crippen LogP contribution < -0.4 is 20.9 Å². The molecule has 5 rings (SSSR count). The van der Waals surface area contributed by atoms with Gasteiger partial charge < -0.3 is 20.9 Å². The second-order valence-corrected chi connectivity index (χ2v) is 9.04. The van der Waals surface area contributed by atoms with Gasteiger partial charge >= 0.3 is 0 Å². The van der Waals surface area contributed by atoms with Crippen LogP contribution in [0.1, 0.15) is 42.6 Å². The fourth-order valence-electron chi connectivity index (χ4n) is 4.20. The molecule has 0 radical (unpaired) electrons. The minimum absolute atomic E-state index is 0. The number of nitrogens with one attached hydrogen (secondary N) is 3. The van der Waals surface area contributed by atoms with Crippen LogP contribution in [0, 0.1) is 19.7 Å². The molecule has 3 N–H and O–H groups in total. The van der Waals surface area contributed by atoms with E-state index in [1.807, 2.05) is 30.9 Å². The lowest BCUT2D eigenvalue weighted by Gasteiger charge is -2.34. The van der Waals surface area contributed by atoms with E-state index < -0.39 is 0 Å². The topological polar surface area (TPSA) is 95.8 Å². The fraction of sp³-hybridized carbons (Fsp3) is 0.478. The van der Waals surface area contributed by atoms with Crippen molar-refractivity contribution < 1.29 is 4.39 Å². The fourth-order valence-corrected chi connectivity index (χ4v) is 4.20. The van der Waals surface area contributed by atoms with Crippen LogP contribution in [0.4, 0.5) is 33.5 Å². The average molecular weight is 524 g/mol. The Morgan fingerprint density at radius 1 is 1.09 bits per heavy atom. The monoisotopic (exact) mass is 523 g/mol. The van der Waals surface area contributed by atoms with Gasteiger partial charge in [0, 0.05) is 44.5 Å². The summed E-state index contributed by atoms with van der Waals surface area (Å²) < 4.78 is 16.3. The zero-order valence-electron chi connectivity index (χ0n) is 20.3. The molecular weight excluding hydrogens is 492 g/mol. The highest BCUT2D eigenvalue weighted by molar-refractivity contribution is 5.85. The van der Waals surface area contributed by atoms with Crippen LogP contribution in [-0.4, -0.2) is 50.4 Å². The highest BCUT2D eigenvalue weighted by Gasteiger charge is 2.28. The summed E-state index contributed by atoms with van der Waals surface area (Å²) in [4.78, 5) is 16.0. The first-order valence-electron chi connectivity index (χ1n) is 11.4. The number of hydrogen-bond donors (Lipinski definition) is 3. The minimum atomic E-state index is -0.208. The van der Waals surface area contributed by atoms with E-state index in [0.29, 0.717) is 29.3 Å². The first-order valence-corrected chi connectivity index (χ1v) is 11.4. The molecule has 12 heteroatoms. The number of pyridine rings is 1. The summed E-state index contributed by atoms with van der Waals surface area (Å²) in [6, 6.07) is 4.13. The molecule has 35 heavy (non-hydrogen) atoms. The molecule has 4 heterocycles. The maximum atomic E-state index is 14.5. The Morgan fingerprint density at radius 3 is 2.51 bits per heavy atom. The van der Waals surface area contributed by atoms with Crippen LogP contribution >= 0.6 is 24.8 Å². The van der Waals surface area contributed by atoms with Gasteiger partial charge in [-0.25, -0.2) is 14.4 Å². The van der Waals surface area contributed by atoms with Crippen molar-refractivity contribution in [3.8, 4) is 0 Å². The summed E-state index contributed by atoms with van der Waals surface area (Å²) in [5, 5.41) is 14.5. The van der Waals surface area contributed by atoms with Crippen LogP contribution in [-0.2, 0) is 7.05 Å². The van der Waals surface area contributed by atoms with Crippen LogP contribution in [0.3, 0.4) is 0 Å². The molecule has 2 fully saturated rings. The van der Waals surface area contributed by atoms with E-state index in [1.54, 1.807) is 13.0 Å². The lowest BCUT2D eigenvalue weighted by Crippen LogP contribution is -2.49. The van der Waals surface area contributed by atoms with E-state index in [0.717, 1.165) is 55.2 Å². The number of hydrogen-bond acceptors (Lipinski definition) is 8. The molecule has 1 aliphatic heterocycles. The van der Waals surface area contributed by atoms with Crippen molar-refractivity contribution in [1.29, 1.82) is 0 Å². The number of aryl methyl sites for hydroxylation is 3. The number of anilines is 5. The average Bonchev–Trinajstić information content (AvgIpc) is 3.56. The normalized spacial score (nSPS) is 17.4. The Hall–Kier alpha value is -2.69. The molecule has 3 aromatic rings. The molecule has 2 aliphatic rings. The van der Waals surface area contributed by atoms with Gasteiger partial charge in [0.1, 0.15) is 11.6 Å². The minimum Gasteiger partial charge on any atom is -0.364 e. The van der Waals surface area contributed by atoms with E-state index in [1.165, 1.54) is 0 Å². The van der Waals surface area contributed by atoms with Gasteiger partial charge in [-0.1, -0.05) is 0 Å². The Labute approximate surface area is 217 Å². The smallest absolute Gasteiger partial charge is 0.230 e. The quantitative estimate of drug-likeness (QED) is 0.438. The van der Waals surface area contributed by atoms with Gasteiger partial charge in [0.15, 0.2) is 11.6 Å². The highest BCUT2D eigenvalue weighted by Crippen LogP contribution is 2.42. The first-order chi connectivity index (χ1) is 15.9. The van der Waals surface area contributed by atoms with E-state index in [2.05, 4.69) is 42.8 Å². The maximum Gasteiger partial charge on any atom is 0.230 e.